The van der Waals surface area contributed by atoms with Crippen LogP contribution in [0.25, 0.3) is 0 Å². The first-order chi connectivity index (χ1) is 10.8. The predicted molar refractivity (Wildman–Crippen MR) is 93.6 cm³/mol. The van der Waals surface area contributed by atoms with E-state index < -0.39 is 0 Å². The van der Waals surface area contributed by atoms with Gasteiger partial charge in [0.2, 0.25) is 5.91 Å². The van der Waals surface area contributed by atoms with E-state index in [0.29, 0.717) is 11.9 Å². The molecule has 0 bridgehead atoms. The second-order valence-electron chi connectivity index (χ2n) is 6.75. The molecule has 1 aromatic heterocycles. The molecule has 22 heavy (non-hydrogen) atoms. The van der Waals surface area contributed by atoms with Crippen molar-refractivity contribution in [3.8, 4) is 0 Å². The Labute approximate surface area is 140 Å². The Balaban J connectivity index is 1.32. The highest BCUT2D eigenvalue weighted by molar-refractivity contribution is 8.00. The van der Waals surface area contributed by atoms with Gasteiger partial charge in [-0.15, -0.1) is 23.1 Å². The summed E-state index contributed by atoms with van der Waals surface area (Å²) >= 11 is 3.65. The lowest BCUT2D eigenvalue weighted by Crippen LogP contribution is -2.46. The zero-order valence-corrected chi connectivity index (χ0v) is 14.6. The minimum absolute atomic E-state index is 0.0611. The predicted octanol–water partition coefficient (Wildman–Crippen LogP) is 3.07. The maximum atomic E-state index is 12.9. The third kappa shape index (κ3) is 3.22. The fourth-order valence-corrected chi connectivity index (χ4v) is 5.85. The number of hydrogen-bond donors (Lipinski definition) is 1. The Bertz CT molecular complexity index is 533. The van der Waals surface area contributed by atoms with Crippen molar-refractivity contribution in [1.82, 2.24) is 10.2 Å². The van der Waals surface area contributed by atoms with Crippen molar-refractivity contribution >= 4 is 29.0 Å². The zero-order valence-electron chi connectivity index (χ0n) is 12.9. The van der Waals surface area contributed by atoms with E-state index in [1.54, 1.807) is 0 Å². The summed E-state index contributed by atoms with van der Waals surface area (Å²) in [7, 11) is 0. The Morgan fingerprint density at radius 3 is 2.86 bits per heavy atom. The van der Waals surface area contributed by atoms with Gasteiger partial charge in [-0.2, -0.15) is 0 Å². The summed E-state index contributed by atoms with van der Waals surface area (Å²) < 4.78 is 0. The number of thioether (sulfide) groups is 1. The molecular formula is C17H24N2OS2. The SMILES string of the molecule is O=C(C1SCCc2sccc21)N1CCC(NCC2CC2)CC1. The molecule has 1 saturated carbocycles. The zero-order chi connectivity index (χ0) is 14.9. The smallest absolute Gasteiger partial charge is 0.240 e. The van der Waals surface area contributed by atoms with Crippen molar-refractivity contribution in [2.24, 2.45) is 5.92 Å². The van der Waals surface area contributed by atoms with E-state index in [1.807, 2.05) is 23.1 Å². The quantitative estimate of drug-likeness (QED) is 0.917. The van der Waals surface area contributed by atoms with Gasteiger partial charge in [0.1, 0.15) is 5.25 Å². The third-order valence-corrected chi connectivity index (χ3v) is 7.32. The molecule has 3 heterocycles. The first kappa shape index (κ1) is 15.0. The van der Waals surface area contributed by atoms with Gasteiger partial charge in [-0.1, -0.05) is 0 Å². The molecular weight excluding hydrogens is 312 g/mol. The van der Waals surface area contributed by atoms with E-state index in [1.165, 1.54) is 29.8 Å². The molecule has 2 fully saturated rings. The fraction of sp³-hybridized carbons (Fsp3) is 0.706. The largest absolute Gasteiger partial charge is 0.341 e. The van der Waals surface area contributed by atoms with E-state index in [-0.39, 0.29) is 5.25 Å². The van der Waals surface area contributed by atoms with Crippen molar-refractivity contribution in [1.29, 1.82) is 0 Å². The van der Waals surface area contributed by atoms with Gasteiger partial charge in [0.25, 0.3) is 0 Å². The van der Waals surface area contributed by atoms with E-state index in [2.05, 4.69) is 21.7 Å². The summed E-state index contributed by atoms with van der Waals surface area (Å²) in [6.07, 6.45) is 6.19. The Morgan fingerprint density at radius 1 is 1.27 bits per heavy atom. The van der Waals surface area contributed by atoms with E-state index in [0.717, 1.165) is 44.0 Å². The number of carbonyl (C=O) groups is 1. The number of hydrogen-bond acceptors (Lipinski definition) is 4. The van der Waals surface area contributed by atoms with Crippen molar-refractivity contribution < 1.29 is 4.79 Å². The Kier molecular flexibility index (Phi) is 4.47. The Hall–Kier alpha value is -0.520. The van der Waals surface area contributed by atoms with Crippen LogP contribution in [-0.2, 0) is 11.2 Å². The lowest BCUT2D eigenvalue weighted by Gasteiger charge is -2.35. The summed E-state index contributed by atoms with van der Waals surface area (Å²) in [5.74, 6) is 2.38. The molecule has 1 aromatic rings. The van der Waals surface area contributed by atoms with Gasteiger partial charge < -0.3 is 10.2 Å². The standard InChI is InChI=1S/C17H24N2OS2/c20-17(16-14-5-9-21-15(14)6-10-22-16)19-7-3-13(4-8-19)18-11-12-1-2-12/h5,9,12-13,16,18H,1-4,6-8,10-11H2. The van der Waals surface area contributed by atoms with Crippen molar-refractivity contribution in [3.05, 3.63) is 21.9 Å². The van der Waals surface area contributed by atoms with Gasteiger partial charge in [0.15, 0.2) is 0 Å². The van der Waals surface area contributed by atoms with Crippen LogP contribution in [-0.4, -0.2) is 42.2 Å². The van der Waals surface area contributed by atoms with Crippen LogP contribution < -0.4 is 5.32 Å². The van der Waals surface area contributed by atoms with Crippen LogP contribution in [0.2, 0.25) is 0 Å². The molecule has 1 aliphatic carbocycles. The minimum Gasteiger partial charge on any atom is -0.341 e. The van der Waals surface area contributed by atoms with Crippen LogP contribution in [0, 0.1) is 5.92 Å². The van der Waals surface area contributed by atoms with Crippen LogP contribution >= 0.6 is 23.1 Å². The monoisotopic (exact) mass is 336 g/mol. The summed E-state index contributed by atoms with van der Waals surface area (Å²) in [5, 5.41) is 5.90. The van der Waals surface area contributed by atoms with E-state index in [9.17, 15) is 4.79 Å². The lowest BCUT2D eigenvalue weighted by molar-refractivity contribution is -0.131. The normalized spacial score (nSPS) is 26.0. The molecule has 1 amide bonds. The maximum absolute atomic E-state index is 12.9. The van der Waals surface area contributed by atoms with Crippen LogP contribution in [0.4, 0.5) is 0 Å². The molecule has 1 N–H and O–H groups in total. The molecule has 4 rings (SSSR count). The van der Waals surface area contributed by atoms with Crippen molar-refractivity contribution in [2.75, 3.05) is 25.4 Å². The number of fused-ring (bicyclic) bond motifs is 1. The van der Waals surface area contributed by atoms with Gasteiger partial charge in [-0.25, -0.2) is 0 Å². The van der Waals surface area contributed by atoms with Gasteiger partial charge in [0, 0.05) is 24.0 Å². The number of nitrogens with one attached hydrogen (secondary N) is 1. The highest BCUT2D eigenvalue weighted by atomic mass is 32.2. The number of piperidine rings is 1. The number of carbonyl (C=O) groups excluding carboxylic acids is 1. The number of likely N-dealkylation sites (tertiary alicyclic amines) is 1. The summed E-state index contributed by atoms with van der Waals surface area (Å²) in [6.45, 7) is 3.05. The summed E-state index contributed by atoms with van der Waals surface area (Å²) in [6, 6.07) is 2.79. The topological polar surface area (TPSA) is 32.3 Å². The molecule has 0 aromatic carbocycles. The second kappa shape index (κ2) is 6.54. The molecule has 120 valence electrons. The average molecular weight is 337 g/mol. The van der Waals surface area contributed by atoms with Gasteiger partial charge >= 0.3 is 0 Å². The molecule has 1 atom stereocenters. The maximum Gasteiger partial charge on any atom is 0.240 e. The van der Waals surface area contributed by atoms with Crippen LogP contribution in [0.3, 0.4) is 0 Å². The fourth-order valence-electron chi connectivity index (χ4n) is 3.48. The molecule has 2 aliphatic heterocycles. The number of amides is 1. The molecule has 1 unspecified atom stereocenters. The van der Waals surface area contributed by atoms with Crippen LogP contribution in [0.5, 0.6) is 0 Å². The average Bonchev–Trinajstić information content (AvgIpc) is 3.27. The van der Waals surface area contributed by atoms with Gasteiger partial charge in [-0.3, -0.25) is 4.79 Å². The summed E-state index contributed by atoms with van der Waals surface area (Å²) in [4.78, 5) is 16.4. The van der Waals surface area contributed by atoms with Gasteiger partial charge in [-0.05, 0) is 67.3 Å². The van der Waals surface area contributed by atoms with Crippen LogP contribution in [0.1, 0.15) is 41.4 Å². The van der Waals surface area contributed by atoms with Crippen LogP contribution in [0.15, 0.2) is 11.4 Å². The molecule has 0 radical (unpaired) electrons. The number of aryl methyl sites for hydroxylation is 1. The molecule has 3 aliphatic rings. The Morgan fingerprint density at radius 2 is 2.09 bits per heavy atom. The van der Waals surface area contributed by atoms with E-state index >= 15 is 0 Å². The number of rotatable bonds is 4. The molecule has 3 nitrogen and oxygen atoms in total. The van der Waals surface area contributed by atoms with Gasteiger partial charge in [0.05, 0.1) is 0 Å². The number of nitrogens with zero attached hydrogens (tertiary/aromatic N) is 1. The highest BCUT2D eigenvalue weighted by Gasteiger charge is 2.33. The molecule has 0 spiro atoms. The molecule has 5 heteroatoms. The summed E-state index contributed by atoms with van der Waals surface area (Å²) in [5.41, 5.74) is 1.29. The first-order valence-electron chi connectivity index (χ1n) is 8.51. The minimum atomic E-state index is 0.0611. The number of thiophene rings is 1. The van der Waals surface area contributed by atoms with Crippen molar-refractivity contribution in [2.45, 2.75) is 43.4 Å². The highest BCUT2D eigenvalue weighted by Crippen LogP contribution is 2.40. The molecule has 1 saturated heterocycles. The second-order valence-corrected chi connectivity index (χ2v) is 8.96. The van der Waals surface area contributed by atoms with Crippen molar-refractivity contribution in [3.63, 3.8) is 0 Å². The lowest BCUT2D eigenvalue weighted by atomic mass is 10.0. The van der Waals surface area contributed by atoms with E-state index in [4.69, 9.17) is 0 Å². The third-order valence-electron chi connectivity index (χ3n) is 5.10. The first-order valence-corrected chi connectivity index (χ1v) is 10.4.